The molecule has 0 rings (SSSR count). The first-order valence-corrected chi connectivity index (χ1v) is 12.5. The lowest BCUT2D eigenvalue weighted by Crippen LogP contribution is -2.46. The van der Waals surface area contributed by atoms with Gasteiger partial charge in [-0.1, -0.05) is 0 Å². The Bertz CT molecular complexity index is 372. The summed E-state index contributed by atoms with van der Waals surface area (Å²) in [7, 11) is -1.08. The summed E-state index contributed by atoms with van der Waals surface area (Å²) in [6, 6.07) is 0.645. The Hall–Kier alpha value is -0.753. The Balaban J connectivity index is 4.45. The number of amides is 1. The van der Waals surface area contributed by atoms with Crippen molar-refractivity contribution in [2.75, 3.05) is 79.7 Å². The van der Waals surface area contributed by atoms with Crippen molar-refractivity contribution in [1.29, 1.82) is 0 Å². The number of hydrogen-bond donors (Lipinski definition) is 0. The lowest BCUT2D eigenvalue weighted by molar-refractivity contribution is 0.0184. The average molecular weight is 440 g/mol. The average Bonchev–Trinajstić information content (AvgIpc) is 2.69. The third-order valence-corrected chi connectivity index (χ3v) is 6.99. The van der Waals surface area contributed by atoms with Gasteiger partial charge in [-0.05, 0) is 34.1 Å². The van der Waals surface area contributed by atoms with Crippen molar-refractivity contribution in [3.05, 3.63) is 0 Å². The van der Waals surface area contributed by atoms with E-state index in [0.29, 0.717) is 85.0 Å². The molecular weight excluding hydrogens is 398 g/mol. The molecule has 0 aromatic carbocycles. The van der Waals surface area contributed by atoms with E-state index in [1.165, 1.54) is 0 Å². The summed E-state index contributed by atoms with van der Waals surface area (Å²) in [5.41, 5.74) is 0. The zero-order valence-electron chi connectivity index (χ0n) is 18.9. The Morgan fingerprint density at radius 2 is 1.31 bits per heavy atom. The van der Waals surface area contributed by atoms with Gasteiger partial charge >= 0.3 is 14.9 Å². The highest BCUT2D eigenvalue weighted by Crippen LogP contribution is 2.18. The number of rotatable bonds is 20. The van der Waals surface area contributed by atoms with Crippen molar-refractivity contribution in [3.8, 4) is 0 Å². The van der Waals surface area contributed by atoms with Crippen LogP contribution in [0.1, 0.15) is 34.1 Å². The van der Waals surface area contributed by atoms with E-state index in [2.05, 4.69) is 0 Å². The van der Waals surface area contributed by atoms with Crippen LogP contribution in [-0.4, -0.2) is 99.5 Å². The van der Waals surface area contributed by atoms with Crippen LogP contribution in [0.2, 0.25) is 6.04 Å². The Morgan fingerprint density at radius 1 is 0.759 bits per heavy atom. The standard InChI is InChI=1S/C19H41NO8Si/c1-6-25-19(21)20(12-13-23-16-17-24-15-14-22-5)11-10-18-29(26-7-2,27-8-3)28-9-4/h6-18H2,1-5H3. The third kappa shape index (κ3) is 14.0. The number of carbonyl (C=O) groups excluding carboxylic acids is 1. The van der Waals surface area contributed by atoms with Gasteiger partial charge in [-0.3, -0.25) is 0 Å². The van der Waals surface area contributed by atoms with Crippen LogP contribution < -0.4 is 0 Å². The van der Waals surface area contributed by atoms with Gasteiger partial charge in [0.15, 0.2) is 0 Å². The SMILES string of the molecule is CCOC(=O)N(CCC[Si](OCC)(OCC)OCC)CCOCCOCCOC. The first kappa shape index (κ1) is 28.2. The van der Waals surface area contributed by atoms with Gasteiger partial charge in [0.1, 0.15) is 0 Å². The maximum Gasteiger partial charge on any atom is 0.500 e. The number of hydrogen-bond acceptors (Lipinski definition) is 8. The Kier molecular flexibility index (Phi) is 18.7. The Morgan fingerprint density at radius 3 is 1.83 bits per heavy atom. The largest absolute Gasteiger partial charge is 0.500 e. The van der Waals surface area contributed by atoms with Crippen LogP contribution in [0.15, 0.2) is 0 Å². The highest BCUT2D eigenvalue weighted by atomic mass is 28.4. The number of ether oxygens (including phenoxy) is 4. The van der Waals surface area contributed by atoms with Gasteiger partial charge in [-0.25, -0.2) is 4.79 Å². The predicted octanol–water partition coefficient (Wildman–Crippen LogP) is 2.56. The van der Waals surface area contributed by atoms with Gasteiger partial charge < -0.3 is 37.1 Å². The van der Waals surface area contributed by atoms with Crippen molar-refractivity contribution in [3.63, 3.8) is 0 Å². The van der Waals surface area contributed by atoms with E-state index < -0.39 is 8.80 Å². The van der Waals surface area contributed by atoms with Crippen LogP contribution in [0.3, 0.4) is 0 Å². The Labute approximate surface area is 177 Å². The normalized spacial score (nSPS) is 11.6. The molecule has 0 aromatic rings. The summed E-state index contributed by atoms with van der Waals surface area (Å²) in [4.78, 5) is 13.9. The molecule has 0 atom stereocenters. The molecule has 29 heavy (non-hydrogen) atoms. The second-order valence-electron chi connectivity index (χ2n) is 5.99. The maximum absolute atomic E-state index is 12.2. The molecule has 0 unspecified atom stereocenters. The van der Waals surface area contributed by atoms with E-state index in [1.54, 1.807) is 18.9 Å². The molecule has 1 amide bonds. The first-order chi connectivity index (χ1) is 14.1. The molecule has 0 aliphatic carbocycles. The van der Waals surface area contributed by atoms with Gasteiger partial charge in [0, 0.05) is 46.1 Å². The lowest BCUT2D eigenvalue weighted by atomic mass is 10.4. The van der Waals surface area contributed by atoms with Crippen molar-refractivity contribution < 1.29 is 37.0 Å². The van der Waals surface area contributed by atoms with E-state index in [4.69, 9.17) is 32.2 Å². The molecule has 0 aliphatic rings. The molecule has 0 bridgehead atoms. The van der Waals surface area contributed by atoms with Gasteiger partial charge in [0.05, 0.1) is 39.6 Å². The molecule has 0 fully saturated rings. The van der Waals surface area contributed by atoms with Gasteiger partial charge in [0.25, 0.3) is 0 Å². The van der Waals surface area contributed by atoms with Crippen LogP contribution in [0.4, 0.5) is 4.79 Å². The van der Waals surface area contributed by atoms with Crippen LogP contribution >= 0.6 is 0 Å². The topological polar surface area (TPSA) is 84.9 Å². The highest BCUT2D eigenvalue weighted by molar-refractivity contribution is 6.60. The molecule has 0 heterocycles. The molecule has 0 radical (unpaired) electrons. The fourth-order valence-electron chi connectivity index (χ4n) is 2.64. The first-order valence-electron chi connectivity index (χ1n) is 10.6. The highest BCUT2D eigenvalue weighted by Gasteiger charge is 2.39. The van der Waals surface area contributed by atoms with Gasteiger partial charge in [0.2, 0.25) is 0 Å². The molecule has 0 aromatic heterocycles. The minimum absolute atomic E-state index is 0.332. The van der Waals surface area contributed by atoms with Crippen molar-refractivity contribution in [2.45, 2.75) is 40.2 Å². The van der Waals surface area contributed by atoms with Crippen LogP contribution in [0.25, 0.3) is 0 Å². The fourth-order valence-corrected chi connectivity index (χ4v) is 5.23. The maximum atomic E-state index is 12.2. The van der Waals surface area contributed by atoms with E-state index in [1.807, 2.05) is 20.8 Å². The summed E-state index contributed by atoms with van der Waals surface area (Å²) < 4.78 is 38.6. The molecule has 174 valence electrons. The van der Waals surface area contributed by atoms with Crippen LogP contribution in [0.5, 0.6) is 0 Å². The summed E-state index contributed by atoms with van der Waals surface area (Å²) >= 11 is 0. The molecule has 0 aliphatic heterocycles. The van der Waals surface area contributed by atoms with E-state index >= 15 is 0 Å². The molecule has 0 N–H and O–H groups in total. The molecule has 9 nitrogen and oxygen atoms in total. The van der Waals surface area contributed by atoms with Crippen LogP contribution in [-0.2, 0) is 32.2 Å². The van der Waals surface area contributed by atoms with Crippen molar-refractivity contribution in [2.24, 2.45) is 0 Å². The summed E-state index contributed by atoms with van der Waals surface area (Å²) in [5.74, 6) is 0. The van der Waals surface area contributed by atoms with E-state index in [0.717, 1.165) is 0 Å². The number of nitrogens with zero attached hydrogens (tertiary/aromatic N) is 1. The number of carbonyl (C=O) groups is 1. The molecule has 10 heteroatoms. The zero-order valence-corrected chi connectivity index (χ0v) is 19.9. The predicted molar refractivity (Wildman–Crippen MR) is 112 cm³/mol. The van der Waals surface area contributed by atoms with Crippen LogP contribution in [0, 0.1) is 0 Å². The van der Waals surface area contributed by atoms with Gasteiger partial charge in [-0.15, -0.1) is 0 Å². The molecule has 0 saturated carbocycles. The zero-order chi connectivity index (χ0) is 21.8. The van der Waals surface area contributed by atoms with Gasteiger partial charge in [-0.2, -0.15) is 0 Å². The van der Waals surface area contributed by atoms with E-state index in [9.17, 15) is 4.79 Å². The van der Waals surface area contributed by atoms with Crippen molar-refractivity contribution >= 4 is 14.9 Å². The summed E-state index contributed by atoms with van der Waals surface area (Å²) in [6.45, 7) is 13.0. The third-order valence-electron chi connectivity index (χ3n) is 3.84. The summed E-state index contributed by atoms with van der Waals surface area (Å²) in [5, 5.41) is 0. The van der Waals surface area contributed by atoms with E-state index in [-0.39, 0.29) is 6.09 Å². The smallest absolute Gasteiger partial charge is 0.450 e. The molecule has 0 saturated heterocycles. The second kappa shape index (κ2) is 19.2. The second-order valence-corrected chi connectivity index (χ2v) is 8.72. The molecule has 0 spiro atoms. The molecular formula is C19H41NO8Si. The lowest BCUT2D eigenvalue weighted by Gasteiger charge is -2.29. The number of methoxy groups -OCH3 is 1. The fraction of sp³-hybridized carbons (Fsp3) is 0.947. The quantitative estimate of drug-likeness (QED) is 0.211. The minimum Gasteiger partial charge on any atom is -0.450 e. The monoisotopic (exact) mass is 439 g/mol. The van der Waals surface area contributed by atoms with Crippen molar-refractivity contribution in [1.82, 2.24) is 4.90 Å². The summed E-state index contributed by atoms with van der Waals surface area (Å²) in [6.07, 6.45) is 0.356. The minimum atomic E-state index is -2.71.